The largest absolute Gasteiger partial charge is 0.480 e. The number of aliphatic carboxylic acids is 1. The summed E-state index contributed by atoms with van der Waals surface area (Å²) in [6.45, 7) is 12.4. The van der Waals surface area contributed by atoms with E-state index in [9.17, 15) is 9.59 Å². The molecule has 0 saturated heterocycles. The zero-order valence-corrected chi connectivity index (χ0v) is 25.8. The van der Waals surface area contributed by atoms with Crippen LogP contribution in [0.4, 0.5) is 4.79 Å². The Balaban J connectivity index is 0.000000275. The van der Waals surface area contributed by atoms with E-state index < -0.39 is 18.1 Å². The maximum absolute atomic E-state index is 11.7. The Labute approximate surface area is 247 Å². The van der Waals surface area contributed by atoms with Crippen LogP contribution in [-0.4, -0.2) is 41.7 Å². The molecule has 1 aliphatic rings. The number of alkyl carbamates (subject to hydrolysis) is 1. The second-order valence-electron chi connectivity index (χ2n) is 10.6. The number of benzene rings is 3. The number of carboxylic acid groups (broad SMARTS) is 1. The Morgan fingerprint density at radius 2 is 1.32 bits per heavy atom. The summed E-state index contributed by atoms with van der Waals surface area (Å²) in [7, 11) is 0. The number of nitrogens with one attached hydrogen (secondary N) is 2. The molecule has 0 radical (unpaired) electrons. The minimum absolute atomic E-state index is 0.0340. The van der Waals surface area contributed by atoms with E-state index in [1.807, 2.05) is 42.5 Å². The molecular weight excluding hydrogens is 568 g/mol. The van der Waals surface area contributed by atoms with Gasteiger partial charge in [0.15, 0.2) is 0 Å². The van der Waals surface area contributed by atoms with Gasteiger partial charge in [-0.25, -0.2) is 4.79 Å². The van der Waals surface area contributed by atoms with Crippen LogP contribution in [0.3, 0.4) is 0 Å². The average Bonchev–Trinajstić information content (AvgIpc) is 3.26. The van der Waals surface area contributed by atoms with Gasteiger partial charge in [0, 0.05) is 17.8 Å². The lowest BCUT2D eigenvalue weighted by atomic mass is 9.98. The van der Waals surface area contributed by atoms with Gasteiger partial charge in [0.1, 0.15) is 12.6 Å². The topological polar surface area (TPSA) is 87.7 Å². The summed E-state index contributed by atoms with van der Waals surface area (Å²) in [5.74, 6) is 0.399. The lowest BCUT2D eigenvalue weighted by Crippen LogP contribution is -2.39. The normalized spacial score (nSPS) is 12.3. The van der Waals surface area contributed by atoms with Gasteiger partial charge < -0.3 is 20.5 Å². The molecule has 0 aliphatic heterocycles. The third-order valence-corrected chi connectivity index (χ3v) is 7.38. The van der Waals surface area contributed by atoms with Crippen molar-refractivity contribution < 1.29 is 19.4 Å². The van der Waals surface area contributed by atoms with Crippen LogP contribution < -0.4 is 10.6 Å². The molecule has 0 spiro atoms. The van der Waals surface area contributed by atoms with Gasteiger partial charge >= 0.3 is 12.1 Å². The van der Waals surface area contributed by atoms with Gasteiger partial charge in [-0.1, -0.05) is 122 Å². The molecule has 1 amide bonds. The monoisotopic (exact) mass is 610 g/mol. The molecule has 1 aliphatic carbocycles. The number of hydrogen-bond acceptors (Lipinski definition) is 4. The molecule has 0 bridgehead atoms. The molecule has 3 aromatic carbocycles. The minimum Gasteiger partial charge on any atom is -0.480 e. The predicted molar refractivity (Wildman–Crippen MR) is 167 cm³/mol. The van der Waals surface area contributed by atoms with Crippen LogP contribution in [0.1, 0.15) is 57.2 Å². The Bertz CT molecular complexity index is 1140. The highest BCUT2D eigenvalue weighted by Crippen LogP contribution is 2.44. The molecule has 0 aromatic heterocycles. The summed E-state index contributed by atoms with van der Waals surface area (Å²) in [6, 6.07) is 25.6. The molecule has 1 unspecified atom stereocenters. The van der Waals surface area contributed by atoms with E-state index in [-0.39, 0.29) is 12.5 Å². The predicted octanol–water partition coefficient (Wildman–Crippen LogP) is 7.47. The first-order valence-electron chi connectivity index (χ1n) is 13.8. The Kier molecular flexibility index (Phi) is 14.5. The molecule has 0 heterocycles. The lowest BCUT2D eigenvalue weighted by Gasteiger charge is -2.15. The Morgan fingerprint density at radius 3 is 1.80 bits per heavy atom. The van der Waals surface area contributed by atoms with E-state index in [0.717, 1.165) is 52.5 Å². The minimum atomic E-state index is -1.10. The smallest absolute Gasteiger partial charge is 0.407 e. The van der Waals surface area contributed by atoms with E-state index in [4.69, 9.17) is 9.84 Å². The molecule has 3 aromatic rings. The van der Waals surface area contributed by atoms with Crippen LogP contribution in [0.15, 0.2) is 78.9 Å². The molecule has 216 valence electrons. The van der Waals surface area contributed by atoms with Gasteiger partial charge in [-0.05, 0) is 53.1 Å². The molecule has 6 nitrogen and oxygen atoms in total. The van der Waals surface area contributed by atoms with Crippen molar-refractivity contribution in [1.82, 2.24) is 10.6 Å². The maximum Gasteiger partial charge on any atom is 0.407 e. The number of halogens is 1. The molecule has 4 rings (SSSR count). The van der Waals surface area contributed by atoms with Crippen molar-refractivity contribution in [2.24, 2.45) is 11.8 Å². The van der Waals surface area contributed by atoms with Crippen molar-refractivity contribution in [3.63, 3.8) is 0 Å². The van der Waals surface area contributed by atoms with Gasteiger partial charge in [-0.2, -0.15) is 0 Å². The second-order valence-corrected chi connectivity index (χ2v) is 11.2. The fourth-order valence-corrected chi connectivity index (χ4v) is 3.98. The molecular formula is C33H43BrN2O4. The van der Waals surface area contributed by atoms with Crippen LogP contribution >= 0.6 is 15.9 Å². The van der Waals surface area contributed by atoms with Crippen molar-refractivity contribution >= 4 is 28.0 Å². The standard InChI is InChI=1S/C18H17NO4.C11H17N.C4H9Br/c1-11(17(20)21)19-18(22)23-10-16-14-8-4-2-6-12(14)13-7-3-5-9-15(13)16;1-10(2)8-12-9-11-6-4-3-5-7-11;1-4(2)3-5/h2-9,11,16H,10H2,1H3,(H,19,22)(H,20,21);3-7,10,12H,8-9H2,1-2H3;4H,3H2,1-2H3. The van der Waals surface area contributed by atoms with Crippen molar-refractivity contribution in [3.8, 4) is 11.1 Å². The first kappa shape index (κ1) is 33.0. The number of carboxylic acids is 1. The number of amides is 1. The maximum atomic E-state index is 11.7. The van der Waals surface area contributed by atoms with Crippen molar-refractivity contribution in [2.75, 3.05) is 18.5 Å². The highest BCUT2D eigenvalue weighted by Gasteiger charge is 2.29. The quantitative estimate of drug-likeness (QED) is 0.219. The van der Waals surface area contributed by atoms with E-state index in [0.29, 0.717) is 0 Å². The second kappa shape index (κ2) is 17.5. The summed E-state index contributed by atoms with van der Waals surface area (Å²) in [4.78, 5) is 22.5. The van der Waals surface area contributed by atoms with Gasteiger partial charge in [-0.15, -0.1) is 0 Å². The molecule has 0 saturated carbocycles. The Hall–Kier alpha value is -3.16. The zero-order valence-electron chi connectivity index (χ0n) is 24.2. The highest BCUT2D eigenvalue weighted by atomic mass is 79.9. The first-order chi connectivity index (χ1) is 19.1. The molecule has 1 atom stereocenters. The summed E-state index contributed by atoms with van der Waals surface area (Å²) in [5, 5.41) is 15.6. The van der Waals surface area contributed by atoms with Gasteiger partial charge in [0.25, 0.3) is 0 Å². The summed E-state index contributed by atoms with van der Waals surface area (Å²) in [5.41, 5.74) is 5.89. The number of ether oxygens (including phenoxy) is 1. The number of hydrogen-bond donors (Lipinski definition) is 3. The van der Waals surface area contributed by atoms with Crippen LogP contribution in [0.5, 0.6) is 0 Å². The van der Waals surface area contributed by atoms with Crippen LogP contribution in [0.25, 0.3) is 11.1 Å². The van der Waals surface area contributed by atoms with E-state index in [1.54, 1.807) is 0 Å². The number of carbonyl (C=O) groups excluding carboxylic acids is 1. The zero-order chi connectivity index (χ0) is 29.5. The van der Waals surface area contributed by atoms with Gasteiger partial charge in [0.2, 0.25) is 0 Å². The molecule has 7 heteroatoms. The lowest BCUT2D eigenvalue weighted by molar-refractivity contribution is -0.138. The van der Waals surface area contributed by atoms with Crippen molar-refractivity contribution in [2.45, 2.75) is 53.1 Å². The van der Waals surface area contributed by atoms with Crippen LogP contribution in [0.2, 0.25) is 0 Å². The fourth-order valence-electron chi connectivity index (χ4n) is 3.98. The van der Waals surface area contributed by atoms with Crippen molar-refractivity contribution in [3.05, 3.63) is 95.6 Å². The third-order valence-electron chi connectivity index (χ3n) is 6.08. The SMILES string of the molecule is CC(C)CBr.CC(C)CNCc1ccccc1.CC(NC(=O)OCC1c2ccccc2-c2ccccc21)C(=O)O. The average molecular weight is 612 g/mol. The van der Waals surface area contributed by atoms with Gasteiger partial charge in [0.05, 0.1) is 0 Å². The van der Waals surface area contributed by atoms with Crippen LogP contribution in [-0.2, 0) is 16.1 Å². The van der Waals surface area contributed by atoms with E-state index in [1.165, 1.54) is 12.5 Å². The summed E-state index contributed by atoms with van der Waals surface area (Å²) >= 11 is 3.31. The Morgan fingerprint density at radius 1 is 0.825 bits per heavy atom. The van der Waals surface area contributed by atoms with Gasteiger partial charge in [-0.3, -0.25) is 4.79 Å². The van der Waals surface area contributed by atoms with Crippen molar-refractivity contribution in [1.29, 1.82) is 0 Å². The number of carbonyl (C=O) groups is 2. The third kappa shape index (κ3) is 11.1. The summed E-state index contributed by atoms with van der Waals surface area (Å²) in [6.07, 6.45) is -0.721. The van der Waals surface area contributed by atoms with Crippen LogP contribution in [0, 0.1) is 11.8 Å². The van der Waals surface area contributed by atoms with E-state index in [2.05, 4.69) is 90.7 Å². The molecule has 3 N–H and O–H groups in total. The number of fused-ring (bicyclic) bond motifs is 3. The summed E-state index contributed by atoms with van der Waals surface area (Å²) < 4.78 is 5.25. The highest BCUT2D eigenvalue weighted by molar-refractivity contribution is 9.09. The first-order valence-corrected chi connectivity index (χ1v) is 14.9. The number of rotatable bonds is 9. The number of alkyl halides is 1. The molecule has 0 fully saturated rings. The molecule has 40 heavy (non-hydrogen) atoms. The fraction of sp³-hybridized carbons (Fsp3) is 0.394. The van der Waals surface area contributed by atoms with E-state index >= 15 is 0 Å².